The molecule has 0 atom stereocenters. The Morgan fingerprint density at radius 3 is 2.78 bits per heavy atom. The van der Waals surface area contributed by atoms with Crippen LogP contribution in [-0.2, 0) is 0 Å². The van der Waals surface area contributed by atoms with E-state index in [0.29, 0.717) is 10.2 Å². The van der Waals surface area contributed by atoms with Crippen molar-refractivity contribution in [2.75, 3.05) is 5.32 Å². The van der Waals surface area contributed by atoms with E-state index in [1.807, 2.05) is 6.92 Å². The number of benzene rings is 1. The lowest BCUT2D eigenvalue weighted by atomic mass is 10.2. The fourth-order valence-corrected chi connectivity index (χ4v) is 1.71. The second kappa shape index (κ2) is 5.27. The van der Waals surface area contributed by atoms with Gasteiger partial charge < -0.3 is 5.32 Å². The average Bonchev–Trinajstić information content (AvgIpc) is 2.32. The number of pyridine rings is 1. The van der Waals surface area contributed by atoms with Gasteiger partial charge in [0.15, 0.2) is 0 Å². The molecule has 0 spiro atoms. The summed E-state index contributed by atoms with van der Waals surface area (Å²) >= 11 is 3.04. The molecule has 1 aromatic heterocycles. The molecule has 1 amide bonds. The van der Waals surface area contributed by atoms with Crippen molar-refractivity contribution in [3.05, 3.63) is 58.1 Å². The van der Waals surface area contributed by atoms with Gasteiger partial charge in [-0.1, -0.05) is 0 Å². The summed E-state index contributed by atoms with van der Waals surface area (Å²) in [6, 6.07) is 7.67. The molecule has 5 heteroatoms. The summed E-state index contributed by atoms with van der Waals surface area (Å²) in [5.41, 5.74) is 1.70. The van der Waals surface area contributed by atoms with Crippen molar-refractivity contribution in [1.29, 1.82) is 0 Å². The molecule has 1 N–H and O–H groups in total. The second-order valence-corrected chi connectivity index (χ2v) is 4.62. The lowest BCUT2D eigenvalue weighted by molar-refractivity contribution is 0.102. The summed E-state index contributed by atoms with van der Waals surface area (Å²) in [7, 11) is 0. The fourth-order valence-electron chi connectivity index (χ4n) is 1.46. The van der Waals surface area contributed by atoms with Gasteiger partial charge in [0.2, 0.25) is 0 Å². The molecule has 3 nitrogen and oxygen atoms in total. The minimum absolute atomic E-state index is 0.269. The lowest BCUT2D eigenvalue weighted by Crippen LogP contribution is -2.12. The number of aryl methyl sites for hydroxylation is 1. The van der Waals surface area contributed by atoms with E-state index >= 15 is 0 Å². The van der Waals surface area contributed by atoms with Crippen LogP contribution in [-0.4, -0.2) is 10.9 Å². The Balaban J connectivity index is 2.19. The standard InChI is InChI=1S/C13H10BrFN2O/c1-8-6-10(4-5-16-8)17-13(18)9-2-3-11(14)12(15)7-9/h2-7H,1H3,(H,16,17,18). The predicted octanol–water partition coefficient (Wildman–Crippen LogP) is 3.54. The predicted molar refractivity (Wildman–Crippen MR) is 71.0 cm³/mol. The number of nitrogens with one attached hydrogen (secondary N) is 1. The summed E-state index contributed by atoms with van der Waals surface area (Å²) in [6.07, 6.45) is 1.60. The number of halogens is 2. The fraction of sp³-hybridized carbons (Fsp3) is 0.0769. The summed E-state index contributed by atoms with van der Waals surface area (Å²) in [5, 5.41) is 2.68. The topological polar surface area (TPSA) is 42.0 Å². The number of carbonyl (C=O) groups is 1. The Hall–Kier alpha value is -1.75. The molecule has 92 valence electrons. The van der Waals surface area contributed by atoms with Gasteiger partial charge in [0.1, 0.15) is 5.82 Å². The largest absolute Gasteiger partial charge is 0.322 e. The zero-order valence-electron chi connectivity index (χ0n) is 9.58. The first-order chi connectivity index (χ1) is 8.56. The number of hydrogen-bond donors (Lipinski definition) is 1. The molecular formula is C13H10BrFN2O. The van der Waals surface area contributed by atoms with E-state index < -0.39 is 5.82 Å². The highest BCUT2D eigenvalue weighted by Gasteiger charge is 2.09. The monoisotopic (exact) mass is 308 g/mol. The van der Waals surface area contributed by atoms with Crippen molar-refractivity contribution >= 4 is 27.5 Å². The van der Waals surface area contributed by atoms with Gasteiger partial charge in [-0.2, -0.15) is 0 Å². The first-order valence-electron chi connectivity index (χ1n) is 5.25. The van der Waals surface area contributed by atoms with Gasteiger partial charge in [-0.25, -0.2) is 4.39 Å². The van der Waals surface area contributed by atoms with Crippen LogP contribution in [0.25, 0.3) is 0 Å². The molecule has 0 saturated heterocycles. The Labute approximate surface area is 112 Å². The quantitative estimate of drug-likeness (QED) is 0.922. The molecule has 18 heavy (non-hydrogen) atoms. The molecule has 1 aromatic carbocycles. The Kier molecular flexibility index (Phi) is 3.72. The molecule has 2 aromatic rings. The first-order valence-corrected chi connectivity index (χ1v) is 6.04. The highest BCUT2D eigenvalue weighted by Crippen LogP contribution is 2.17. The third kappa shape index (κ3) is 2.92. The van der Waals surface area contributed by atoms with Crippen LogP contribution in [0.1, 0.15) is 16.1 Å². The molecule has 2 rings (SSSR count). The van der Waals surface area contributed by atoms with Crippen LogP contribution in [0.5, 0.6) is 0 Å². The number of nitrogens with zero attached hydrogens (tertiary/aromatic N) is 1. The zero-order valence-corrected chi connectivity index (χ0v) is 11.2. The van der Waals surface area contributed by atoms with Crippen LogP contribution in [0, 0.1) is 12.7 Å². The molecule has 0 bridgehead atoms. The van der Waals surface area contributed by atoms with Crippen molar-refractivity contribution in [2.45, 2.75) is 6.92 Å². The van der Waals surface area contributed by atoms with E-state index in [1.165, 1.54) is 12.1 Å². The third-order valence-electron chi connectivity index (χ3n) is 2.34. The van der Waals surface area contributed by atoms with E-state index in [2.05, 4.69) is 26.2 Å². The van der Waals surface area contributed by atoms with E-state index in [9.17, 15) is 9.18 Å². The highest BCUT2D eigenvalue weighted by atomic mass is 79.9. The van der Waals surface area contributed by atoms with Crippen molar-refractivity contribution in [3.8, 4) is 0 Å². The zero-order chi connectivity index (χ0) is 13.1. The van der Waals surface area contributed by atoms with Crippen LogP contribution < -0.4 is 5.32 Å². The number of carbonyl (C=O) groups excluding carboxylic acids is 1. The van der Waals surface area contributed by atoms with Crippen molar-refractivity contribution in [2.24, 2.45) is 0 Å². The van der Waals surface area contributed by atoms with E-state index in [1.54, 1.807) is 24.4 Å². The third-order valence-corrected chi connectivity index (χ3v) is 2.98. The molecule has 0 unspecified atom stereocenters. The van der Waals surface area contributed by atoms with Gasteiger partial charge in [0.05, 0.1) is 4.47 Å². The van der Waals surface area contributed by atoms with Crippen LogP contribution in [0.15, 0.2) is 41.0 Å². The van der Waals surface area contributed by atoms with Crippen LogP contribution in [0.3, 0.4) is 0 Å². The van der Waals surface area contributed by atoms with Gasteiger partial charge in [-0.15, -0.1) is 0 Å². The average molecular weight is 309 g/mol. The SMILES string of the molecule is Cc1cc(NC(=O)c2ccc(Br)c(F)c2)ccn1. The van der Waals surface area contributed by atoms with Gasteiger partial charge in [-0.05, 0) is 53.2 Å². The van der Waals surface area contributed by atoms with Crippen molar-refractivity contribution in [1.82, 2.24) is 4.98 Å². The molecule has 0 fully saturated rings. The molecule has 0 saturated carbocycles. The first kappa shape index (κ1) is 12.7. The second-order valence-electron chi connectivity index (χ2n) is 3.77. The molecule has 1 heterocycles. The minimum Gasteiger partial charge on any atom is -0.322 e. The molecule has 0 aliphatic heterocycles. The summed E-state index contributed by atoms with van der Waals surface area (Å²) in [5.74, 6) is -0.819. The maximum atomic E-state index is 13.3. The summed E-state index contributed by atoms with van der Waals surface area (Å²) in [6.45, 7) is 1.83. The number of rotatable bonds is 2. The molecule has 0 radical (unpaired) electrons. The van der Waals surface area contributed by atoms with Crippen molar-refractivity contribution < 1.29 is 9.18 Å². The van der Waals surface area contributed by atoms with Crippen LogP contribution >= 0.6 is 15.9 Å². The van der Waals surface area contributed by atoms with E-state index in [4.69, 9.17) is 0 Å². The van der Waals surface area contributed by atoms with E-state index in [0.717, 1.165) is 5.69 Å². The van der Waals surface area contributed by atoms with Crippen molar-refractivity contribution in [3.63, 3.8) is 0 Å². The Morgan fingerprint density at radius 2 is 2.11 bits per heavy atom. The lowest BCUT2D eigenvalue weighted by Gasteiger charge is -2.06. The van der Waals surface area contributed by atoms with Crippen LogP contribution in [0.2, 0.25) is 0 Å². The highest BCUT2D eigenvalue weighted by molar-refractivity contribution is 9.10. The maximum absolute atomic E-state index is 13.3. The minimum atomic E-state index is -0.464. The molecular weight excluding hydrogens is 299 g/mol. The van der Waals surface area contributed by atoms with E-state index in [-0.39, 0.29) is 11.5 Å². The molecule has 0 aliphatic rings. The Bertz CT molecular complexity index is 601. The number of amides is 1. The van der Waals surface area contributed by atoms with Gasteiger partial charge in [0.25, 0.3) is 5.91 Å². The summed E-state index contributed by atoms with van der Waals surface area (Å²) in [4.78, 5) is 15.9. The Morgan fingerprint density at radius 1 is 1.33 bits per heavy atom. The number of aromatic nitrogens is 1. The smallest absolute Gasteiger partial charge is 0.255 e. The van der Waals surface area contributed by atoms with Gasteiger partial charge in [0, 0.05) is 23.1 Å². The van der Waals surface area contributed by atoms with Gasteiger partial charge >= 0.3 is 0 Å². The van der Waals surface area contributed by atoms with Crippen LogP contribution in [0.4, 0.5) is 10.1 Å². The molecule has 0 aliphatic carbocycles. The maximum Gasteiger partial charge on any atom is 0.255 e. The normalized spacial score (nSPS) is 10.2. The summed E-state index contributed by atoms with van der Waals surface area (Å²) < 4.78 is 13.6. The van der Waals surface area contributed by atoms with Gasteiger partial charge in [-0.3, -0.25) is 9.78 Å². The number of hydrogen-bond acceptors (Lipinski definition) is 2. The number of anilines is 1.